The summed E-state index contributed by atoms with van der Waals surface area (Å²) in [6.07, 6.45) is 0. The topological polar surface area (TPSA) is 35.2 Å². The summed E-state index contributed by atoms with van der Waals surface area (Å²) in [5, 5.41) is 0. The Balaban J connectivity index is 2.04. The molecule has 2 aromatic carbocycles. The molecular weight excluding hydrogens is 310 g/mol. The van der Waals surface area contributed by atoms with Crippen molar-refractivity contribution in [1.82, 2.24) is 0 Å². The fraction of sp³-hybridized carbons (Fsp3) is 0.143. The number of halogens is 1. The molecule has 0 spiro atoms. The molecule has 4 heteroatoms. The van der Waals surface area contributed by atoms with E-state index < -0.39 is 0 Å². The summed E-state index contributed by atoms with van der Waals surface area (Å²) in [6.45, 7) is 0. The molecule has 0 saturated heterocycles. The average molecular weight is 324 g/mol. The highest BCUT2D eigenvalue weighted by molar-refractivity contribution is 9.10. The number of rotatable bonds is 4. The zero-order chi connectivity index (χ0) is 13.0. The van der Waals surface area contributed by atoms with Gasteiger partial charge in [-0.1, -0.05) is 12.1 Å². The van der Waals surface area contributed by atoms with Crippen LogP contribution in [0.2, 0.25) is 0 Å². The van der Waals surface area contributed by atoms with Crippen LogP contribution in [-0.4, -0.2) is 7.11 Å². The number of hydrogen-bond acceptors (Lipinski definition) is 3. The predicted octanol–water partition coefficient (Wildman–Crippen LogP) is 4.33. The number of methoxy groups -OCH3 is 1. The van der Waals surface area contributed by atoms with Gasteiger partial charge in [-0.15, -0.1) is 11.8 Å². The number of benzene rings is 2. The Hall–Kier alpha value is -1.13. The highest BCUT2D eigenvalue weighted by atomic mass is 79.9. The van der Waals surface area contributed by atoms with Crippen molar-refractivity contribution in [3.8, 4) is 5.75 Å². The van der Waals surface area contributed by atoms with E-state index in [9.17, 15) is 0 Å². The lowest BCUT2D eigenvalue weighted by Crippen LogP contribution is -1.87. The van der Waals surface area contributed by atoms with Crippen LogP contribution in [0.1, 0.15) is 5.56 Å². The molecule has 0 radical (unpaired) electrons. The maximum absolute atomic E-state index is 5.75. The molecule has 2 nitrogen and oxygen atoms in total. The first-order chi connectivity index (χ1) is 8.69. The van der Waals surface area contributed by atoms with E-state index in [-0.39, 0.29) is 0 Å². The van der Waals surface area contributed by atoms with Gasteiger partial charge in [0.25, 0.3) is 0 Å². The maximum Gasteiger partial charge on any atom is 0.133 e. The van der Waals surface area contributed by atoms with Gasteiger partial charge < -0.3 is 10.5 Å². The Morgan fingerprint density at radius 1 is 1.22 bits per heavy atom. The van der Waals surface area contributed by atoms with Crippen molar-refractivity contribution < 1.29 is 4.74 Å². The Morgan fingerprint density at radius 3 is 2.72 bits per heavy atom. The SMILES string of the molecule is COc1ccc(CSc2cccc(N)c2)cc1Br. The van der Waals surface area contributed by atoms with E-state index in [1.54, 1.807) is 18.9 Å². The first-order valence-electron chi connectivity index (χ1n) is 5.50. The van der Waals surface area contributed by atoms with Gasteiger partial charge in [-0.2, -0.15) is 0 Å². The molecule has 2 rings (SSSR count). The molecule has 0 fully saturated rings. The van der Waals surface area contributed by atoms with Gasteiger partial charge in [0.15, 0.2) is 0 Å². The van der Waals surface area contributed by atoms with Gasteiger partial charge in [-0.3, -0.25) is 0 Å². The minimum absolute atomic E-state index is 0.802. The van der Waals surface area contributed by atoms with E-state index in [1.807, 2.05) is 24.3 Å². The summed E-state index contributed by atoms with van der Waals surface area (Å²) in [5.74, 6) is 1.76. The van der Waals surface area contributed by atoms with Crippen molar-refractivity contribution in [1.29, 1.82) is 0 Å². The fourth-order valence-electron chi connectivity index (χ4n) is 1.57. The number of nitrogen functional groups attached to an aromatic ring is 1. The van der Waals surface area contributed by atoms with E-state index in [0.29, 0.717) is 0 Å². The van der Waals surface area contributed by atoms with Crippen LogP contribution >= 0.6 is 27.7 Å². The smallest absolute Gasteiger partial charge is 0.133 e. The van der Waals surface area contributed by atoms with Crippen LogP contribution < -0.4 is 10.5 Å². The van der Waals surface area contributed by atoms with Gasteiger partial charge in [0, 0.05) is 16.3 Å². The molecule has 0 aliphatic rings. The van der Waals surface area contributed by atoms with Crippen LogP contribution in [0.25, 0.3) is 0 Å². The Bertz CT molecular complexity index is 545. The second-order valence-corrected chi connectivity index (χ2v) is 5.73. The van der Waals surface area contributed by atoms with Gasteiger partial charge in [0.05, 0.1) is 11.6 Å². The molecule has 0 aliphatic heterocycles. The molecule has 0 bridgehead atoms. The zero-order valence-electron chi connectivity index (χ0n) is 10.0. The minimum atomic E-state index is 0.802. The molecule has 0 aliphatic carbocycles. The Morgan fingerprint density at radius 2 is 2.06 bits per heavy atom. The van der Waals surface area contributed by atoms with Crippen LogP contribution in [0.4, 0.5) is 5.69 Å². The fourth-order valence-corrected chi connectivity index (χ4v) is 3.07. The summed E-state index contributed by atoms with van der Waals surface area (Å²) in [6, 6.07) is 14.1. The van der Waals surface area contributed by atoms with E-state index in [1.165, 1.54) is 10.5 Å². The van der Waals surface area contributed by atoms with Crippen molar-refractivity contribution in [2.75, 3.05) is 12.8 Å². The molecule has 94 valence electrons. The van der Waals surface area contributed by atoms with Crippen LogP contribution in [0.5, 0.6) is 5.75 Å². The van der Waals surface area contributed by atoms with Gasteiger partial charge in [-0.05, 0) is 51.8 Å². The zero-order valence-corrected chi connectivity index (χ0v) is 12.4. The molecule has 0 saturated carbocycles. The molecule has 2 N–H and O–H groups in total. The quantitative estimate of drug-likeness (QED) is 0.671. The van der Waals surface area contributed by atoms with E-state index >= 15 is 0 Å². The number of ether oxygens (including phenoxy) is 1. The molecule has 0 amide bonds. The monoisotopic (exact) mass is 323 g/mol. The van der Waals surface area contributed by atoms with Crippen LogP contribution in [-0.2, 0) is 5.75 Å². The number of nitrogens with two attached hydrogens (primary N) is 1. The van der Waals surface area contributed by atoms with Crippen molar-refractivity contribution in [2.45, 2.75) is 10.6 Å². The second-order valence-electron chi connectivity index (χ2n) is 3.83. The highest BCUT2D eigenvalue weighted by Gasteiger charge is 2.02. The van der Waals surface area contributed by atoms with Crippen molar-refractivity contribution in [3.05, 3.63) is 52.5 Å². The highest BCUT2D eigenvalue weighted by Crippen LogP contribution is 2.29. The van der Waals surface area contributed by atoms with E-state index in [0.717, 1.165) is 21.7 Å². The van der Waals surface area contributed by atoms with Crippen LogP contribution in [0, 0.1) is 0 Å². The van der Waals surface area contributed by atoms with Crippen molar-refractivity contribution >= 4 is 33.4 Å². The lowest BCUT2D eigenvalue weighted by Gasteiger charge is -2.06. The Labute approximate surface area is 120 Å². The maximum atomic E-state index is 5.75. The first kappa shape index (κ1) is 13.3. The molecular formula is C14H14BrNOS. The molecule has 18 heavy (non-hydrogen) atoms. The summed E-state index contributed by atoms with van der Waals surface area (Å²) in [4.78, 5) is 1.18. The van der Waals surface area contributed by atoms with Crippen molar-refractivity contribution in [2.24, 2.45) is 0 Å². The van der Waals surface area contributed by atoms with Crippen molar-refractivity contribution in [3.63, 3.8) is 0 Å². The molecule has 0 unspecified atom stereocenters. The van der Waals surface area contributed by atoms with E-state index in [4.69, 9.17) is 10.5 Å². The lowest BCUT2D eigenvalue weighted by atomic mass is 10.2. The summed E-state index contributed by atoms with van der Waals surface area (Å²) in [7, 11) is 1.67. The number of anilines is 1. The minimum Gasteiger partial charge on any atom is -0.496 e. The largest absolute Gasteiger partial charge is 0.496 e. The average Bonchev–Trinajstić information content (AvgIpc) is 2.37. The summed E-state index contributed by atoms with van der Waals surface area (Å²) < 4.78 is 6.19. The molecule has 0 heterocycles. The van der Waals surface area contributed by atoms with E-state index in [2.05, 4.69) is 34.1 Å². The summed E-state index contributed by atoms with van der Waals surface area (Å²) >= 11 is 5.26. The lowest BCUT2D eigenvalue weighted by molar-refractivity contribution is 0.412. The van der Waals surface area contributed by atoms with Gasteiger partial charge >= 0.3 is 0 Å². The molecule has 2 aromatic rings. The standard InChI is InChI=1S/C14H14BrNOS/c1-17-14-6-5-10(7-13(14)15)9-18-12-4-2-3-11(16)8-12/h2-8H,9,16H2,1H3. The molecule has 0 aromatic heterocycles. The van der Waals surface area contributed by atoms with Gasteiger partial charge in [-0.25, -0.2) is 0 Å². The van der Waals surface area contributed by atoms with Gasteiger partial charge in [0.1, 0.15) is 5.75 Å². The summed E-state index contributed by atoms with van der Waals surface area (Å²) in [5.41, 5.74) is 7.80. The van der Waals surface area contributed by atoms with Crippen LogP contribution in [0.15, 0.2) is 51.8 Å². The third kappa shape index (κ3) is 3.43. The number of thioether (sulfide) groups is 1. The predicted molar refractivity (Wildman–Crippen MR) is 81.1 cm³/mol. The third-order valence-electron chi connectivity index (χ3n) is 2.48. The van der Waals surface area contributed by atoms with Gasteiger partial charge in [0.2, 0.25) is 0 Å². The third-order valence-corrected chi connectivity index (χ3v) is 4.16. The van der Waals surface area contributed by atoms with Crippen LogP contribution in [0.3, 0.4) is 0 Å². The molecule has 0 atom stereocenters. The Kier molecular flexibility index (Phi) is 4.55. The second kappa shape index (κ2) is 6.16. The first-order valence-corrected chi connectivity index (χ1v) is 7.27. The normalized spacial score (nSPS) is 10.3. The number of hydrogen-bond donors (Lipinski definition) is 1.